The summed E-state index contributed by atoms with van der Waals surface area (Å²) < 4.78 is 36.8. The van der Waals surface area contributed by atoms with Crippen LogP contribution in [0.15, 0.2) is 62.6 Å². The summed E-state index contributed by atoms with van der Waals surface area (Å²) in [7, 11) is -2.03. The summed E-state index contributed by atoms with van der Waals surface area (Å²) in [5, 5.41) is -0.664. The van der Waals surface area contributed by atoms with Crippen molar-refractivity contribution in [3.63, 3.8) is 0 Å². The number of hydrogen-bond donors (Lipinski definition) is 0. The summed E-state index contributed by atoms with van der Waals surface area (Å²) in [4.78, 5) is 26.1. The summed E-state index contributed by atoms with van der Waals surface area (Å²) in [6, 6.07) is 13.0. The van der Waals surface area contributed by atoms with Gasteiger partial charge in [-0.3, -0.25) is 9.36 Å². The van der Waals surface area contributed by atoms with E-state index >= 15 is 0 Å². The molecule has 0 unspecified atom stereocenters. The minimum atomic E-state index is -3.54. The number of nitrogens with zero attached hydrogens (tertiary/aromatic N) is 2. The van der Waals surface area contributed by atoms with Crippen molar-refractivity contribution in [2.75, 3.05) is 20.2 Å². The highest BCUT2D eigenvalue weighted by Gasteiger charge is 2.40. The summed E-state index contributed by atoms with van der Waals surface area (Å²) in [5.41, 5.74) is 0.938. The average Bonchev–Trinajstić information content (AvgIpc) is 2.96. The molecule has 1 fully saturated rings. The molecule has 0 atom stereocenters. The third kappa shape index (κ3) is 3.07. The van der Waals surface area contributed by atoms with Crippen molar-refractivity contribution in [2.24, 2.45) is 0 Å². The lowest BCUT2D eigenvalue weighted by Gasteiger charge is -2.38. The van der Waals surface area contributed by atoms with Crippen LogP contribution in [0.25, 0.3) is 11.1 Å². The van der Waals surface area contributed by atoms with Gasteiger partial charge in [0.25, 0.3) is 0 Å². The van der Waals surface area contributed by atoms with E-state index in [1.54, 1.807) is 36.4 Å². The summed E-state index contributed by atoms with van der Waals surface area (Å²) in [5.74, 6) is -0.366. The SMILES string of the molecule is COc1ccc(S(=O)(=O)C2CN(C(=O)Cn3c(=O)oc4ccccc43)C2)cc1. The van der Waals surface area contributed by atoms with Gasteiger partial charge in [-0.15, -0.1) is 0 Å². The number of rotatable bonds is 5. The highest BCUT2D eigenvalue weighted by molar-refractivity contribution is 7.92. The Bertz CT molecular complexity index is 1190. The van der Waals surface area contributed by atoms with Gasteiger partial charge in [0.05, 0.1) is 17.5 Å². The smallest absolute Gasteiger partial charge is 0.420 e. The van der Waals surface area contributed by atoms with Crippen LogP contribution in [-0.4, -0.2) is 49.2 Å². The number of aromatic nitrogens is 1. The molecule has 1 aliphatic rings. The van der Waals surface area contributed by atoms with Gasteiger partial charge in [0.15, 0.2) is 15.4 Å². The lowest BCUT2D eigenvalue weighted by molar-refractivity contribution is -0.135. The minimum absolute atomic E-state index is 0.0950. The Morgan fingerprint density at radius 3 is 2.50 bits per heavy atom. The van der Waals surface area contributed by atoms with Crippen molar-refractivity contribution in [1.82, 2.24) is 9.47 Å². The molecule has 4 rings (SSSR count). The van der Waals surface area contributed by atoms with Crippen LogP contribution in [0.5, 0.6) is 5.75 Å². The van der Waals surface area contributed by atoms with E-state index in [-0.39, 0.29) is 30.4 Å². The van der Waals surface area contributed by atoms with E-state index in [1.807, 2.05) is 0 Å². The number of carbonyl (C=O) groups excluding carboxylic acids is 1. The first-order valence-electron chi connectivity index (χ1n) is 8.64. The molecule has 0 saturated carbocycles. The molecule has 146 valence electrons. The van der Waals surface area contributed by atoms with Gasteiger partial charge in [0.2, 0.25) is 5.91 Å². The highest BCUT2D eigenvalue weighted by Crippen LogP contribution is 2.25. The first-order chi connectivity index (χ1) is 13.4. The third-order valence-electron chi connectivity index (χ3n) is 4.89. The van der Waals surface area contributed by atoms with Gasteiger partial charge in [0.1, 0.15) is 17.5 Å². The maximum Gasteiger partial charge on any atom is 0.420 e. The van der Waals surface area contributed by atoms with Gasteiger partial charge in [-0.05, 0) is 36.4 Å². The highest BCUT2D eigenvalue weighted by atomic mass is 32.2. The molecule has 1 amide bonds. The number of carbonyl (C=O) groups is 1. The summed E-state index contributed by atoms with van der Waals surface area (Å²) in [6.07, 6.45) is 0. The van der Waals surface area contributed by atoms with Gasteiger partial charge in [-0.2, -0.15) is 0 Å². The number of ether oxygens (including phenoxy) is 1. The van der Waals surface area contributed by atoms with Gasteiger partial charge in [-0.1, -0.05) is 12.1 Å². The van der Waals surface area contributed by atoms with Crippen molar-refractivity contribution in [1.29, 1.82) is 0 Å². The first-order valence-corrected chi connectivity index (χ1v) is 10.2. The second-order valence-electron chi connectivity index (χ2n) is 6.56. The Hall–Kier alpha value is -3.07. The molecule has 2 heterocycles. The Labute approximate surface area is 160 Å². The zero-order chi connectivity index (χ0) is 19.9. The molecule has 0 radical (unpaired) electrons. The monoisotopic (exact) mass is 402 g/mol. The Balaban J connectivity index is 1.45. The first kappa shape index (κ1) is 18.3. The molecule has 1 saturated heterocycles. The standard InChI is InChI=1S/C19H18N2O6S/c1-26-13-6-8-14(9-7-13)28(24,25)15-10-20(11-15)18(22)12-21-16-4-2-3-5-17(16)27-19(21)23/h2-9,15H,10-12H2,1H3. The van der Waals surface area contributed by atoms with Gasteiger partial charge < -0.3 is 14.1 Å². The number of likely N-dealkylation sites (tertiary alicyclic amines) is 1. The number of hydrogen-bond acceptors (Lipinski definition) is 6. The van der Waals surface area contributed by atoms with E-state index in [0.717, 1.165) is 0 Å². The molecule has 0 spiro atoms. The summed E-state index contributed by atoms with van der Waals surface area (Å²) in [6.45, 7) is 0.000606. The second kappa shape index (κ2) is 6.83. The maximum atomic E-state index is 12.7. The molecule has 0 N–H and O–H groups in total. The molecule has 1 aliphatic heterocycles. The predicted molar refractivity (Wildman–Crippen MR) is 101 cm³/mol. The molecule has 8 nitrogen and oxygen atoms in total. The molecular weight excluding hydrogens is 384 g/mol. The molecule has 3 aromatic rings. The van der Waals surface area contributed by atoms with Crippen LogP contribution in [0.1, 0.15) is 0 Å². The Morgan fingerprint density at radius 1 is 1.14 bits per heavy atom. The van der Waals surface area contributed by atoms with E-state index < -0.39 is 20.8 Å². The molecule has 0 bridgehead atoms. The van der Waals surface area contributed by atoms with Crippen LogP contribution in [0.2, 0.25) is 0 Å². The molecule has 28 heavy (non-hydrogen) atoms. The number of oxazole rings is 1. The Kier molecular flexibility index (Phi) is 4.46. The number of fused-ring (bicyclic) bond motifs is 1. The van der Waals surface area contributed by atoms with Gasteiger partial charge >= 0.3 is 5.76 Å². The van der Waals surface area contributed by atoms with Crippen molar-refractivity contribution in [3.05, 3.63) is 59.1 Å². The summed E-state index contributed by atoms with van der Waals surface area (Å²) >= 11 is 0. The van der Waals surface area contributed by atoms with Crippen molar-refractivity contribution < 1.29 is 22.4 Å². The lowest BCUT2D eigenvalue weighted by Crippen LogP contribution is -2.57. The number of sulfone groups is 1. The van der Waals surface area contributed by atoms with Crippen LogP contribution in [-0.2, 0) is 21.2 Å². The minimum Gasteiger partial charge on any atom is -0.497 e. The topological polar surface area (TPSA) is 98.8 Å². The van der Waals surface area contributed by atoms with E-state index in [9.17, 15) is 18.0 Å². The fourth-order valence-electron chi connectivity index (χ4n) is 3.19. The second-order valence-corrected chi connectivity index (χ2v) is 8.79. The Morgan fingerprint density at radius 2 is 1.82 bits per heavy atom. The van der Waals surface area contributed by atoms with Crippen LogP contribution in [0.4, 0.5) is 0 Å². The zero-order valence-electron chi connectivity index (χ0n) is 15.1. The quantitative estimate of drug-likeness (QED) is 0.638. The average molecular weight is 402 g/mol. The van der Waals surface area contributed by atoms with Crippen LogP contribution in [0.3, 0.4) is 0 Å². The van der Waals surface area contributed by atoms with E-state index in [0.29, 0.717) is 16.8 Å². The molecule has 2 aromatic carbocycles. The third-order valence-corrected chi connectivity index (χ3v) is 7.00. The molecule has 1 aromatic heterocycles. The lowest BCUT2D eigenvalue weighted by atomic mass is 10.2. The molecule has 9 heteroatoms. The van der Waals surface area contributed by atoms with E-state index in [4.69, 9.17) is 9.15 Å². The van der Waals surface area contributed by atoms with Gasteiger partial charge in [-0.25, -0.2) is 13.2 Å². The fraction of sp³-hybridized carbons (Fsp3) is 0.263. The molecular formula is C19H18N2O6S. The predicted octanol–water partition coefficient (Wildman–Crippen LogP) is 1.29. The van der Waals surface area contributed by atoms with Crippen LogP contribution < -0.4 is 10.5 Å². The number of para-hydroxylation sites is 2. The van der Waals surface area contributed by atoms with E-state index in [1.165, 1.54) is 28.7 Å². The van der Waals surface area contributed by atoms with Gasteiger partial charge in [0, 0.05) is 13.1 Å². The zero-order valence-corrected chi connectivity index (χ0v) is 15.9. The number of amides is 1. The molecule has 0 aliphatic carbocycles. The van der Waals surface area contributed by atoms with Crippen molar-refractivity contribution in [3.8, 4) is 5.75 Å². The van der Waals surface area contributed by atoms with Crippen LogP contribution in [0, 0.1) is 0 Å². The fourth-order valence-corrected chi connectivity index (χ4v) is 4.85. The van der Waals surface area contributed by atoms with E-state index in [2.05, 4.69) is 0 Å². The largest absolute Gasteiger partial charge is 0.497 e. The maximum absolute atomic E-state index is 12.7. The van der Waals surface area contributed by atoms with Crippen molar-refractivity contribution in [2.45, 2.75) is 16.7 Å². The van der Waals surface area contributed by atoms with Crippen LogP contribution >= 0.6 is 0 Å². The normalized spacial score (nSPS) is 14.8. The number of benzene rings is 2. The number of methoxy groups -OCH3 is 1. The van der Waals surface area contributed by atoms with Crippen molar-refractivity contribution >= 4 is 26.8 Å².